The van der Waals surface area contributed by atoms with Crippen LogP contribution in [0.3, 0.4) is 0 Å². The summed E-state index contributed by atoms with van der Waals surface area (Å²) in [5, 5.41) is 0.590. The van der Waals surface area contributed by atoms with Crippen LogP contribution in [0.2, 0.25) is 0 Å². The maximum Gasteiger partial charge on any atom is 0.326 e. The summed E-state index contributed by atoms with van der Waals surface area (Å²) in [5.41, 5.74) is 0.527. The van der Waals surface area contributed by atoms with E-state index in [4.69, 9.17) is 4.84 Å². The fourth-order valence-corrected chi connectivity index (χ4v) is 1.63. The van der Waals surface area contributed by atoms with Gasteiger partial charge < -0.3 is 4.65 Å². The Morgan fingerprint density at radius 3 is 2.17 bits per heavy atom. The van der Waals surface area contributed by atoms with Crippen molar-refractivity contribution in [3.8, 4) is 0 Å². The van der Waals surface area contributed by atoms with E-state index in [1.165, 1.54) is 27.1 Å². The number of hydrogen-bond donors (Lipinski definition) is 0. The van der Waals surface area contributed by atoms with Gasteiger partial charge in [0.05, 0.1) is 11.1 Å². The molecular formula is C11H10BNO5. The van der Waals surface area contributed by atoms with E-state index >= 15 is 0 Å². The summed E-state index contributed by atoms with van der Waals surface area (Å²) in [6.07, 6.45) is -1.03. The van der Waals surface area contributed by atoms with E-state index in [1.807, 2.05) is 0 Å². The number of fused-ring (bicyclic) bond motifs is 1. The van der Waals surface area contributed by atoms with Gasteiger partial charge in [0.25, 0.3) is 11.8 Å². The predicted molar refractivity (Wildman–Crippen MR) is 62.1 cm³/mol. The first-order valence-corrected chi connectivity index (χ1v) is 5.28. The van der Waals surface area contributed by atoms with Crippen molar-refractivity contribution in [2.24, 2.45) is 0 Å². The molecule has 1 heterocycles. The quantitative estimate of drug-likeness (QED) is 0.541. The van der Waals surface area contributed by atoms with Crippen LogP contribution in [0, 0.1) is 0 Å². The molecule has 2 rings (SSSR count). The van der Waals surface area contributed by atoms with E-state index in [1.54, 1.807) is 12.1 Å². The Hall–Kier alpha value is -2.15. The van der Waals surface area contributed by atoms with Crippen molar-refractivity contribution in [2.45, 2.75) is 13.0 Å². The van der Waals surface area contributed by atoms with Crippen LogP contribution >= 0.6 is 0 Å². The monoisotopic (exact) mass is 247 g/mol. The molecule has 1 atom stereocenters. The Morgan fingerprint density at radius 2 is 1.72 bits per heavy atom. The van der Waals surface area contributed by atoms with Crippen LogP contribution in [-0.4, -0.2) is 37.0 Å². The molecule has 0 aliphatic carbocycles. The van der Waals surface area contributed by atoms with E-state index in [0.29, 0.717) is 5.06 Å². The summed E-state index contributed by atoms with van der Waals surface area (Å²) in [6, 6.07) is 6.36. The Labute approximate surface area is 104 Å². The topological polar surface area (TPSA) is 72.9 Å². The van der Waals surface area contributed by atoms with Gasteiger partial charge in [-0.2, -0.15) is 0 Å². The van der Waals surface area contributed by atoms with Crippen LogP contribution < -0.4 is 0 Å². The molecule has 0 bridgehead atoms. The molecule has 2 amide bonds. The lowest BCUT2D eigenvalue weighted by Crippen LogP contribution is -2.37. The van der Waals surface area contributed by atoms with Crippen LogP contribution in [0.1, 0.15) is 27.6 Å². The second-order valence-electron chi connectivity index (χ2n) is 3.72. The highest BCUT2D eigenvalue weighted by atomic mass is 16.7. The smallest absolute Gasteiger partial charge is 0.326 e. The Balaban J connectivity index is 2.21. The van der Waals surface area contributed by atoms with E-state index in [2.05, 4.69) is 4.65 Å². The van der Waals surface area contributed by atoms with Crippen molar-refractivity contribution in [1.29, 1.82) is 0 Å². The molecule has 7 heteroatoms. The first kappa shape index (κ1) is 12.3. The minimum absolute atomic E-state index is 0.263. The highest BCUT2D eigenvalue weighted by Gasteiger charge is 2.38. The highest BCUT2D eigenvalue weighted by Crippen LogP contribution is 2.23. The van der Waals surface area contributed by atoms with Crippen molar-refractivity contribution >= 4 is 25.8 Å². The fraction of sp³-hybridized carbons (Fsp3) is 0.182. The molecule has 1 aliphatic heterocycles. The first-order chi connectivity index (χ1) is 8.56. The molecule has 0 unspecified atom stereocenters. The van der Waals surface area contributed by atoms with E-state index in [0.717, 1.165) is 0 Å². The number of hydroxylamine groups is 2. The third-order valence-electron chi connectivity index (χ3n) is 2.55. The molecule has 92 valence electrons. The minimum atomic E-state index is -1.03. The van der Waals surface area contributed by atoms with E-state index < -0.39 is 23.9 Å². The van der Waals surface area contributed by atoms with Crippen molar-refractivity contribution in [3.05, 3.63) is 35.4 Å². The average molecular weight is 247 g/mol. The molecule has 1 aliphatic rings. The molecule has 0 spiro atoms. The summed E-state index contributed by atoms with van der Waals surface area (Å²) in [4.78, 5) is 40.0. The van der Waals surface area contributed by atoms with Crippen molar-refractivity contribution in [1.82, 2.24) is 5.06 Å². The standard InChI is InChI=1S/C11H10BNO5/c1-6(11(16)17-12)18-13-9(14)7-4-2-3-5-8(7)10(13)15/h2-6H,12H2,1H3/t6-/m1/s1. The normalized spacial score (nSPS) is 15.5. The zero-order valence-electron chi connectivity index (χ0n) is 9.88. The Bertz CT molecular complexity index is 495. The number of amides is 2. The second-order valence-corrected chi connectivity index (χ2v) is 3.72. The first-order valence-electron chi connectivity index (χ1n) is 5.28. The van der Waals surface area contributed by atoms with Gasteiger partial charge in [0.1, 0.15) is 0 Å². The zero-order chi connectivity index (χ0) is 13.3. The molecule has 0 aromatic heterocycles. The summed E-state index contributed by atoms with van der Waals surface area (Å²) in [5.74, 6) is -1.82. The summed E-state index contributed by atoms with van der Waals surface area (Å²) in [6.45, 7) is 1.40. The molecule has 18 heavy (non-hydrogen) atoms. The molecule has 0 saturated heterocycles. The van der Waals surface area contributed by atoms with Crippen LogP contribution in [-0.2, 0) is 14.3 Å². The van der Waals surface area contributed by atoms with Gasteiger partial charge in [-0.15, -0.1) is 5.06 Å². The Morgan fingerprint density at radius 1 is 1.22 bits per heavy atom. The fourth-order valence-electron chi connectivity index (χ4n) is 1.63. The number of imide groups is 1. The molecule has 1 aromatic rings. The lowest BCUT2D eigenvalue weighted by atomic mass is 10.1. The summed E-state index contributed by atoms with van der Waals surface area (Å²) in [7, 11) is 1.20. The van der Waals surface area contributed by atoms with Gasteiger partial charge in [-0.05, 0) is 19.1 Å². The summed E-state index contributed by atoms with van der Waals surface area (Å²) < 4.78 is 4.46. The van der Waals surface area contributed by atoms with Crippen LogP contribution in [0.15, 0.2) is 24.3 Å². The second kappa shape index (κ2) is 4.62. The highest BCUT2D eigenvalue weighted by molar-refractivity contribution is 6.20. The van der Waals surface area contributed by atoms with Gasteiger partial charge in [0.15, 0.2) is 6.10 Å². The molecule has 0 fully saturated rings. The van der Waals surface area contributed by atoms with Crippen molar-refractivity contribution < 1.29 is 23.9 Å². The lowest BCUT2D eigenvalue weighted by Gasteiger charge is -2.17. The SMILES string of the molecule is BOC(=O)[C@@H](C)ON1C(=O)c2ccccc2C1=O. The van der Waals surface area contributed by atoms with Gasteiger partial charge in [0.2, 0.25) is 0 Å². The van der Waals surface area contributed by atoms with Gasteiger partial charge in [0, 0.05) is 0 Å². The number of nitrogens with zero attached hydrogens (tertiary/aromatic N) is 1. The van der Waals surface area contributed by atoms with Crippen molar-refractivity contribution in [3.63, 3.8) is 0 Å². The third kappa shape index (κ3) is 1.88. The van der Waals surface area contributed by atoms with Crippen molar-refractivity contribution in [2.75, 3.05) is 0 Å². The number of carbonyl (C=O) groups excluding carboxylic acids is 3. The van der Waals surface area contributed by atoms with Gasteiger partial charge in [-0.1, -0.05) is 12.1 Å². The molecule has 6 nitrogen and oxygen atoms in total. The predicted octanol–water partition coefficient (Wildman–Crippen LogP) is -0.306. The lowest BCUT2D eigenvalue weighted by molar-refractivity contribution is -0.168. The van der Waals surface area contributed by atoms with E-state index in [-0.39, 0.29) is 11.1 Å². The Kier molecular flexibility index (Phi) is 3.16. The van der Waals surface area contributed by atoms with Crippen LogP contribution in [0.5, 0.6) is 0 Å². The van der Waals surface area contributed by atoms with Gasteiger partial charge in [-0.25, -0.2) is 4.84 Å². The molecule has 1 aromatic carbocycles. The number of rotatable bonds is 3. The maximum absolute atomic E-state index is 11.9. The molecular weight excluding hydrogens is 237 g/mol. The summed E-state index contributed by atoms with van der Waals surface area (Å²) >= 11 is 0. The number of benzene rings is 1. The zero-order valence-corrected chi connectivity index (χ0v) is 9.88. The molecule has 0 N–H and O–H groups in total. The largest absolute Gasteiger partial charge is 0.541 e. The van der Waals surface area contributed by atoms with Crippen LogP contribution in [0.25, 0.3) is 0 Å². The third-order valence-corrected chi connectivity index (χ3v) is 2.55. The van der Waals surface area contributed by atoms with Gasteiger partial charge in [-0.3, -0.25) is 14.4 Å². The average Bonchev–Trinajstić information content (AvgIpc) is 2.63. The minimum Gasteiger partial charge on any atom is -0.541 e. The van der Waals surface area contributed by atoms with E-state index in [9.17, 15) is 14.4 Å². The molecule has 0 radical (unpaired) electrons. The number of carbonyl (C=O) groups is 3. The van der Waals surface area contributed by atoms with Gasteiger partial charge >= 0.3 is 14.0 Å². The molecule has 0 saturated carbocycles. The number of hydrogen-bond acceptors (Lipinski definition) is 5. The maximum atomic E-state index is 11.9. The van der Waals surface area contributed by atoms with Crippen LogP contribution in [0.4, 0.5) is 0 Å².